The zero-order valence-electron chi connectivity index (χ0n) is 11.8. The van der Waals surface area contributed by atoms with Crippen molar-refractivity contribution >= 4 is 5.97 Å². The highest BCUT2D eigenvalue weighted by molar-refractivity contribution is 5.73. The Morgan fingerprint density at radius 1 is 1.35 bits per heavy atom. The molecule has 0 radical (unpaired) electrons. The number of hydrogen-bond acceptors (Lipinski definition) is 3. The summed E-state index contributed by atoms with van der Waals surface area (Å²) in [6, 6.07) is 5.79. The number of ether oxygens (including phenoxy) is 1. The number of phenols is 1. The molecule has 1 heterocycles. The van der Waals surface area contributed by atoms with Crippen LogP contribution in [0.1, 0.15) is 49.7 Å². The first-order valence-electron chi connectivity index (χ1n) is 7.60. The lowest BCUT2D eigenvalue weighted by atomic mass is 9.59. The highest BCUT2D eigenvalue weighted by Gasteiger charge is 2.54. The lowest BCUT2D eigenvalue weighted by Crippen LogP contribution is -2.44. The maximum absolute atomic E-state index is 11.7. The van der Waals surface area contributed by atoms with Crippen molar-refractivity contribution in [1.29, 1.82) is 0 Å². The fourth-order valence-electron chi connectivity index (χ4n) is 4.83. The number of carbonyl (C=O) groups excluding carboxylic acids is 1. The summed E-state index contributed by atoms with van der Waals surface area (Å²) in [4.78, 5) is 11.7. The Hall–Kier alpha value is -1.51. The van der Waals surface area contributed by atoms with Crippen LogP contribution in [0.25, 0.3) is 0 Å². The van der Waals surface area contributed by atoms with E-state index in [-0.39, 0.29) is 11.6 Å². The second kappa shape index (κ2) is 4.00. The van der Waals surface area contributed by atoms with Crippen LogP contribution in [0.3, 0.4) is 0 Å². The molecule has 0 spiro atoms. The molecule has 3 aliphatic rings. The summed E-state index contributed by atoms with van der Waals surface area (Å²) < 4.78 is 5.63. The third kappa shape index (κ3) is 1.62. The molecule has 1 aromatic carbocycles. The largest absolute Gasteiger partial charge is 0.508 e. The van der Waals surface area contributed by atoms with E-state index in [1.54, 1.807) is 6.07 Å². The maximum atomic E-state index is 11.7. The highest BCUT2D eigenvalue weighted by Crippen LogP contribution is 2.56. The first-order chi connectivity index (χ1) is 9.57. The van der Waals surface area contributed by atoms with E-state index in [0.717, 1.165) is 25.7 Å². The molecule has 106 valence electrons. The zero-order chi connectivity index (χ0) is 13.9. The molecule has 1 aliphatic heterocycles. The Balaban J connectivity index is 1.72. The lowest BCUT2D eigenvalue weighted by molar-refractivity contribution is -0.150. The molecule has 1 N–H and O–H groups in total. The monoisotopic (exact) mass is 272 g/mol. The number of fused-ring (bicyclic) bond motifs is 5. The van der Waals surface area contributed by atoms with Gasteiger partial charge < -0.3 is 9.84 Å². The molecule has 3 unspecified atom stereocenters. The average Bonchev–Trinajstić information content (AvgIpc) is 2.72. The van der Waals surface area contributed by atoms with Gasteiger partial charge in [0, 0.05) is 5.92 Å². The van der Waals surface area contributed by atoms with Gasteiger partial charge in [-0.25, -0.2) is 0 Å². The Kier molecular flexibility index (Phi) is 2.45. The number of aromatic hydroxyl groups is 1. The summed E-state index contributed by atoms with van der Waals surface area (Å²) in [5.41, 5.74) is 2.45. The number of phenolic OH excluding ortho intramolecular Hbond substituents is 1. The summed E-state index contributed by atoms with van der Waals surface area (Å²) in [5.74, 6) is 1.80. The van der Waals surface area contributed by atoms with Gasteiger partial charge in [0.2, 0.25) is 0 Å². The molecule has 1 saturated heterocycles. The number of esters is 1. The van der Waals surface area contributed by atoms with Crippen LogP contribution in [0, 0.1) is 11.8 Å². The third-order valence-corrected chi connectivity index (χ3v) is 5.78. The molecular weight excluding hydrogens is 252 g/mol. The smallest absolute Gasteiger partial charge is 0.306 e. The summed E-state index contributed by atoms with van der Waals surface area (Å²) >= 11 is 0. The van der Waals surface area contributed by atoms with Crippen LogP contribution < -0.4 is 0 Å². The van der Waals surface area contributed by atoms with Crippen molar-refractivity contribution in [2.75, 3.05) is 0 Å². The van der Waals surface area contributed by atoms with Gasteiger partial charge in [-0.15, -0.1) is 0 Å². The van der Waals surface area contributed by atoms with Crippen LogP contribution in [0.2, 0.25) is 0 Å². The lowest BCUT2D eigenvalue weighted by Gasteiger charge is -2.47. The van der Waals surface area contributed by atoms with Crippen LogP contribution in [0.5, 0.6) is 5.75 Å². The van der Waals surface area contributed by atoms with E-state index in [0.29, 0.717) is 29.9 Å². The van der Waals surface area contributed by atoms with E-state index >= 15 is 0 Å². The molecule has 0 aromatic heterocycles. The van der Waals surface area contributed by atoms with Gasteiger partial charge in [-0.2, -0.15) is 0 Å². The second-order valence-electron chi connectivity index (χ2n) is 6.83. The van der Waals surface area contributed by atoms with E-state index in [2.05, 4.69) is 13.0 Å². The van der Waals surface area contributed by atoms with Gasteiger partial charge in [-0.3, -0.25) is 4.79 Å². The van der Waals surface area contributed by atoms with E-state index in [1.165, 1.54) is 11.1 Å². The van der Waals surface area contributed by atoms with Gasteiger partial charge in [0.05, 0.1) is 6.42 Å². The summed E-state index contributed by atoms with van der Waals surface area (Å²) in [5, 5.41) is 9.65. The van der Waals surface area contributed by atoms with Crippen LogP contribution in [-0.4, -0.2) is 16.7 Å². The SMILES string of the molecule is C[C@]12CCC3c4ccc(O)cc4CCC3C1CC(=O)O2. The Labute approximate surface area is 118 Å². The molecule has 0 bridgehead atoms. The van der Waals surface area contributed by atoms with Crippen LogP contribution >= 0.6 is 0 Å². The van der Waals surface area contributed by atoms with Gasteiger partial charge in [0.15, 0.2) is 0 Å². The van der Waals surface area contributed by atoms with Crippen molar-refractivity contribution in [3.8, 4) is 5.75 Å². The van der Waals surface area contributed by atoms with E-state index < -0.39 is 0 Å². The fraction of sp³-hybridized carbons (Fsp3) is 0.588. The van der Waals surface area contributed by atoms with Crippen LogP contribution in [0.4, 0.5) is 0 Å². The predicted octanol–water partition coefficient (Wildman–Crippen LogP) is 3.15. The number of benzene rings is 1. The van der Waals surface area contributed by atoms with Crippen LogP contribution in [-0.2, 0) is 16.0 Å². The van der Waals surface area contributed by atoms with Crippen LogP contribution in [0.15, 0.2) is 18.2 Å². The molecular formula is C17H20O3. The standard InChI is InChI=1S/C17H20O3/c1-17-7-6-13-12-5-3-11(18)8-10(12)2-4-14(13)15(17)9-16(19)20-17/h3,5,8,13-15,18H,2,4,6-7,9H2,1H3/t13?,14?,15?,17-/m0/s1. The minimum atomic E-state index is -0.229. The molecule has 3 nitrogen and oxygen atoms in total. The van der Waals surface area contributed by atoms with Crippen molar-refractivity contribution in [1.82, 2.24) is 0 Å². The number of hydrogen-bond donors (Lipinski definition) is 1. The molecule has 4 rings (SSSR count). The Morgan fingerprint density at radius 2 is 2.20 bits per heavy atom. The second-order valence-corrected chi connectivity index (χ2v) is 6.83. The van der Waals surface area contributed by atoms with Gasteiger partial charge in [-0.1, -0.05) is 6.07 Å². The third-order valence-electron chi connectivity index (χ3n) is 5.78. The summed E-state index contributed by atoms with van der Waals surface area (Å²) in [6.07, 6.45) is 4.75. The first kappa shape index (κ1) is 12.2. The number of carbonyl (C=O) groups is 1. The van der Waals surface area contributed by atoms with Crippen molar-refractivity contribution in [3.05, 3.63) is 29.3 Å². The maximum Gasteiger partial charge on any atom is 0.306 e. The molecule has 1 aromatic rings. The Bertz CT molecular complexity index is 580. The minimum absolute atomic E-state index is 0.0188. The van der Waals surface area contributed by atoms with Crippen molar-refractivity contribution in [2.24, 2.45) is 11.8 Å². The fourth-order valence-corrected chi connectivity index (χ4v) is 4.83. The average molecular weight is 272 g/mol. The van der Waals surface area contributed by atoms with Crippen molar-refractivity contribution in [2.45, 2.75) is 50.5 Å². The van der Waals surface area contributed by atoms with Gasteiger partial charge >= 0.3 is 5.97 Å². The van der Waals surface area contributed by atoms with E-state index in [4.69, 9.17) is 4.74 Å². The molecule has 4 atom stereocenters. The quantitative estimate of drug-likeness (QED) is 0.738. The van der Waals surface area contributed by atoms with Gasteiger partial charge in [0.25, 0.3) is 0 Å². The van der Waals surface area contributed by atoms with Crippen molar-refractivity contribution < 1.29 is 14.6 Å². The topological polar surface area (TPSA) is 46.5 Å². The summed E-state index contributed by atoms with van der Waals surface area (Å²) in [7, 11) is 0. The predicted molar refractivity (Wildman–Crippen MR) is 74.5 cm³/mol. The number of aryl methyl sites for hydroxylation is 1. The molecule has 2 fully saturated rings. The zero-order valence-corrected chi connectivity index (χ0v) is 11.8. The molecule has 0 amide bonds. The van der Waals surface area contributed by atoms with Gasteiger partial charge in [0.1, 0.15) is 11.4 Å². The molecule has 2 aliphatic carbocycles. The number of rotatable bonds is 0. The molecule has 3 heteroatoms. The summed E-state index contributed by atoms with van der Waals surface area (Å²) in [6.45, 7) is 2.12. The molecule has 20 heavy (non-hydrogen) atoms. The van der Waals surface area contributed by atoms with Crippen molar-refractivity contribution in [3.63, 3.8) is 0 Å². The van der Waals surface area contributed by atoms with Gasteiger partial charge in [-0.05, 0) is 67.7 Å². The normalized spacial score (nSPS) is 38.6. The highest BCUT2D eigenvalue weighted by atomic mass is 16.6. The first-order valence-corrected chi connectivity index (χ1v) is 7.60. The van der Waals surface area contributed by atoms with E-state index in [9.17, 15) is 9.90 Å². The Morgan fingerprint density at radius 3 is 3.05 bits per heavy atom. The van der Waals surface area contributed by atoms with E-state index in [1.807, 2.05) is 6.07 Å². The molecule has 1 saturated carbocycles. The minimum Gasteiger partial charge on any atom is -0.508 e.